The van der Waals surface area contributed by atoms with Crippen LogP contribution in [0.4, 0.5) is 16.2 Å². The van der Waals surface area contributed by atoms with Crippen molar-refractivity contribution in [3.8, 4) is 0 Å². The Morgan fingerprint density at radius 2 is 1.53 bits per heavy atom. The number of hydrogen-bond donors (Lipinski definition) is 1. The number of amides is 4. The first-order valence-electron chi connectivity index (χ1n) is 10.4. The van der Waals surface area contributed by atoms with E-state index in [0.29, 0.717) is 5.69 Å². The molecule has 0 spiro atoms. The molecule has 154 valence electrons. The summed E-state index contributed by atoms with van der Waals surface area (Å²) >= 11 is 0. The van der Waals surface area contributed by atoms with Crippen molar-refractivity contribution < 1.29 is 14.4 Å². The van der Waals surface area contributed by atoms with Crippen molar-refractivity contribution in [2.45, 2.75) is 32.6 Å². The van der Waals surface area contributed by atoms with Crippen LogP contribution in [0.1, 0.15) is 36.8 Å². The highest BCUT2D eigenvalue weighted by atomic mass is 16.2. The Morgan fingerprint density at radius 3 is 2.20 bits per heavy atom. The van der Waals surface area contributed by atoms with Gasteiger partial charge in [-0.05, 0) is 55.2 Å². The minimum atomic E-state index is -0.729. The lowest BCUT2D eigenvalue weighted by molar-refractivity contribution is -0.122. The molecule has 2 aromatic carbocycles. The van der Waals surface area contributed by atoms with E-state index in [9.17, 15) is 14.4 Å². The van der Waals surface area contributed by atoms with Crippen LogP contribution in [0.3, 0.4) is 0 Å². The molecule has 2 aliphatic rings. The third-order valence-electron chi connectivity index (χ3n) is 5.63. The Balaban J connectivity index is 1.60. The quantitative estimate of drug-likeness (QED) is 0.620. The van der Waals surface area contributed by atoms with Crippen molar-refractivity contribution in [1.82, 2.24) is 5.32 Å². The molecule has 4 amide bonds. The highest BCUT2D eigenvalue weighted by Crippen LogP contribution is 2.26. The van der Waals surface area contributed by atoms with Gasteiger partial charge in [0.15, 0.2) is 0 Å². The van der Waals surface area contributed by atoms with Crippen molar-refractivity contribution in [2.75, 3.05) is 22.9 Å². The molecule has 2 saturated heterocycles. The number of anilines is 2. The number of carbonyl (C=O) groups excluding carboxylic acids is 3. The van der Waals surface area contributed by atoms with Gasteiger partial charge in [0, 0.05) is 18.8 Å². The largest absolute Gasteiger partial charge is 0.372 e. The summed E-state index contributed by atoms with van der Waals surface area (Å²) < 4.78 is 0. The zero-order valence-electron chi connectivity index (χ0n) is 17.1. The Labute approximate surface area is 176 Å². The molecule has 0 unspecified atom stereocenters. The Kier molecular flexibility index (Phi) is 5.65. The third-order valence-corrected chi connectivity index (χ3v) is 5.63. The van der Waals surface area contributed by atoms with E-state index < -0.39 is 17.8 Å². The Morgan fingerprint density at radius 1 is 0.867 bits per heavy atom. The van der Waals surface area contributed by atoms with Gasteiger partial charge in [0.1, 0.15) is 5.57 Å². The SMILES string of the molecule is Cc1ccccc1N1C(=O)NC(=O)C(=Cc2ccc(N3CCCCCC3)cc2)C1=O. The van der Waals surface area contributed by atoms with Crippen molar-refractivity contribution in [1.29, 1.82) is 0 Å². The van der Waals surface area contributed by atoms with E-state index in [4.69, 9.17) is 0 Å². The van der Waals surface area contributed by atoms with Crippen LogP contribution in [0.25, 0.3) is 6.08 Å². The van der Waals surface area contributed by atoms with Crippen LogP contribution < -0.4 is 15.1 Å². The maximum Gasteiger partial charge on any atom is 0.335 e. The Bertz CT molecular complexity index is 1000. The number of nitrogens with one attached hydrogen (secondary N) is 1. The van der Waals surface area contributed by atoms with Crippen LogP contribution in [-0.4, -0.2) is 30.9 Å². The predicted octanol–water partition coefficient (Wildman–Crippen LogP) is 4.04. The van der Waals surface area contributed by atoms with Crippen molar-refractivity contribution in [2.24, 2.45) is 0 Å². The number of imide groups is 2. The first-order valence-corrected chi connectivity index (χ1v) is 10.4. The van der Waals surface area contributed by atoms with E-state index in [1.807, 2.05) is 43.3 Å². The number of carbonyl (C=O) groups is 3. The average molecular weight is 403 g/mol. The fraction of sp³-hybridized carbons (Fsp3) is 0.292. The van der Waals surface area contributed by atoms with E-state index >= 15 is 0 Å². The molecule has 0 aliphatic carbocycles. The standard InChI is InChI=1S/C24H25N3O3/c1-17-8-4-5-9-21(17)27-23(29)20(22(28)25-24(27)30)16-18-10-12-19(13-11-18)26-14-6-2-3-7-15-26/h4-5,8-13,16H,2-3,6-7,14-15H2,1H3,(H,25,28,30). The molecule has 2 fully saturated rings. The monoisotopic (exact) mass is 403 g/mol. The highest BCUT2D eigenvalue weighted by Gasteiger charge is 2.37. The van der Waals surface area contributed by atoms with Gasteiger partial charge in [0.25, 0.3) is 11.8 Å². The molecule has 2 heterocycles. The molecule has 30 heavy (non-hydrogen) atoms. The lowest BCUT2D eigenvalue weighted by Crippen LogP contribution is -2.54. The van der Waals surface area contributed by atoms with Crippen LogP contribution in [-0.2, 0) is 9.59 Å². The first kappa shape index (κ1) is 19.9. The minimum absolute atomic E-state index is 0.0552. The van der Waals surface area contributed by atoms with Crippen LogP contribution in [0.15, 0.2) is 54.1 Å². The van der Waals surface area contributed by atoms with Gasteiger partial charge in [-0.15, -0.1) is 0 Å². The molecule has 0 radical (unpaired) electrons. The van der Waals surface area contributed by atoms with E-state index in [0.717, 1.165) is 34.8 Å². The van der Waals surface area contributed by atoms with Gasteiger partial charge in [-0.1, -0.05) is 43.2 Å². The van der Waals surface area contributed by atoms with E-state index in [1.165, 1.54) is 25.7 Å². The van der Waals surface area contributed by atoms with Gasteiger partial charge in [-0.3, -0.25) is 14.9 Å². The number of barbiturate groups is 1. The summed E-state index contributed by atoms with van der Waals surface area (Å²) in [5, 5.41) is 2.28. The van der Waals surface area contributed by atoms with Crippen molar-refractivity contribution in [3.05, 3.63) is 65.2 Å². The number of urea groups is 1. The van der Waals surface area contributed by atoms with Crippen LogP contribution in [0.2, 0.25) is 0 Å². The molecule has 0 aromatic heterocycles. The van der Waals surface area contributed by atoms with Crippen LogP contribution >= 0.6 is 0 Å². The second-order valence-electron chi connectivity index (χ2n) is 7.74. The van der Waals surface area contributed by atoms with Crippen LogP contribution in [0.5, 0.6) is 0 Å². The fourth-order valence-electron chi connectivity index (χ4n) is 3.97. The van der Waals surface area contributed by atoms with Gasteiger partial charge in [0.2, 0.25) is 0 Å². The van der Waals surface area contributed by atoms with Gasteiger partial charge in [-0.2, -0.15) is 0 Å². The third kappa shape index (κ3) is 3.99. The van der Waals surface area contributed by atoms with Gasteiger partial charge in [-0.25, -0.2) is 9.69 Å². The summed E-state index contributed by atoms with van der Waals surface area (Å²) in [7, 11) is 0. The normalized spacial score (nSPS) is 19.1. The zero-order valence-corrected chi connectivity index (χ0v) is 17.1. The zero-order chi connectivity index (χ0) is 21.1. The molecule has 2 aromatic rings. The highest BCUT2D eigenvalue weighted by molar-refractivity contribution is 6.39. The van der Waals surface area contributed by atoms with Crippen molar-refractivity contribution >= 4 is 35.3 Å². The lowest BCUT2D eigenvalue weighted by atomic mass is 10.1. The number of nitrogens with zero attached hydrogens (tertiary/aromatic N) is 2. The average Bonchev–Trinajstić information content (AvgIpc) is 3.02. The van der Waals surface area contributed by atoms with Gasteiger partial charge in [0.05, 0.1) is 5.69 Å². The molecule has 0 atom stereocenters. The molecule has 0 bridgehead atoms. The fourth-order valence-corrected chi connectivity index (χ4v) is 3.97. The molecule has 2 aliphatic heterocycles. The minimum Gasteiger partial charge on any atom is -0.372 e. The second-order valence-corrected chi connectivity index (χ2v) is 7.74. The predicted molar refractivity (Wildman–Crippen MR) is 117 cm³/mol. The number of para-hydroxylation sites is 1. The molecule has 0 saturated carbocycles. The maximum atomic E-state index is 13.0. The van der Waals surface area contributed by atoms with Crippen LogP contribution in [0, 0.1) is 6.92 Å². The molecular formula is C24H25N3O3. The summed E-state index contributed by atoms with van der Waals surface area (Å²) in [6.07, 6.45) is 6.48. The number of aryl methyl sites for hydroxylation is 1. The van der Waals surface area contributed by atoms with Crippen molar-refractivity contribution in [3.63, 3.8) is 0 Å². The summed E-state index contributed by atoms with van der Waals surface area (Å²) in [5.41, 5.74) is 3.08. The summed E-state index contributed by atoms with van der Waals surface area (Å²) in [6, 6.07) is 14.2. The number of rotatable bonds is 3. The molecule has 4 rings (SSSR count). The van der Waals surface area contributed by atoms with Gasteiger partial charge < -0.3 is 4.90 Å². The van der Waals surface area contributed by atoms with Gasteiger partial charge >= 0.3 is 6.03 Å². The lowest BCUT2D eigenvalue weighted by Gasteiger charge is -2.27. The molecule has 6 nitrogen and oxygen atoms in total. The first-order chi connectivity index (χ1) is 14.5. The summed E-state index contributed by atoms with van der Waals surface area (Å²) in [4.78, 5) is 41.2. The summed E-state index contributed by atoms with van der Waals surface area (Å²) in [5.74, 6) is -1.29. The number of hydrogen-bond acceptors (Lipinski definition) is 4. The second kappa shape index (κ2) is 8.53. The van der Waals surface area contributed by atoms with E-state index in [2.05, 4.69) is 10.2 Å². The topological polar surface area (TPSA) is 69.7 Å². The number of benzene rings is 2. The maximum absolute atomic E-state index is 13.0. The summed E-state index contributed by atoms with van der Waals surface area (Å²) in [6.45, 7) is 3.92. The molecule has 1 N–H and O–H groups in total. The van der Waals surface area contributed by atoms with E-state index in [1.54, 1.807) is 18.2 Å². The molecular weight excluding hydrogens is 378 g/mol. The van der Waals surface area contributed by atoms with E-state index in [-0.39, 0.29) is 5.57 Å². The smallest absolute Gasteiger partial charge is 0.335 e. The molecule has 6 heteroatoms. The Hall–Kier alpha value is -3.41.